The van der Waals surface area contributed by atoms with Crippen LogP contribution in [0.25, 0.3) is 0 Å². The van der Waals surface area contributed by atoms with Gasteiger partial charge >= 0.3 is 0 Å². The minimum absolute atomic E-state index is 0.0657. The third kappa shape index (κ3) is 3.89. The number of piperazine rings is 1. The Morgan fingerprint density at radius 3 is 2.32 bits per heavy atom. The molecule has 0 unspecified atom stereocenters. The van der Waals surface area contributed by atoms with Crippen molar-refractivity contribution in [1.82, 2.24) is 19.9 Å². The first kappa shape index (κ1) is 18.5. The van der Waals surface area contributed by atoms with Gasteiger partial charge in [0, 0.05) is 51.5 Å². The van der Waals surface area contributed by atoms with E-state index in [-0.39, 0.29) is 11.5 Å². The molecule has 2 saturated heterocycles. The zero-order valence-corrected chi connectivity index (χ0v) is 15.8. The van der Waals surface area contributed by atoms with E-state index in [1.54, 1.807) is 4.90 Å². The van der Waals surface area contributed by atoms with Crippen molar-refractivity contribution in [1.29, 1.82) is 0 Å². The number of aryl methyl sites for hydroxylation is 1. The van der Waals surface area contributed by atoms with E-state index in [1.165, 1.54) is 12.3 Å². The molecule has 0 radical (unpaired) electrons. The zero-order chi connectivity index (χ0) is 19.5. The van der Waals surface area contributed by atoms with Crippen LogP contribution in [0.4, 0.5) is 16.0 Å². The van der Waals surface area contributed by atoms with E-state index in [9.17, 15) is 9.18 Å². The molecule has 4 rings (SSSR count). The van der Waals surface area contributed by atoms with Gasteiger partial charge in [-0.1, -0.05) is 0 Å². The molecule has 0 saturated carbocycles. The van der Waals surface area contributed by atoms with Crippen molar-refractivity contribution < 1.29 is 13.9 Å². The number of aromatic nitrogens is 3. The number of rotatable bonds is 3. The zero-order valence-electron chi connectivity index (χ0n) is 15.8. The molecule has 4 heterocycles. The van der Waals surface area contributed by atoms with Crippen molar-refractivity contribution in [3.63, 3.8) is 0 Å². The molecule has 0 N–H and O–H groups in total. The lowest BCUT2D eigenvalue weighted by Gasteiger charge is -2.36. The van der Waals surface area contributed by atoms with Crippen molar-refractivity contribution in [3.8, 4) is 0 Å². The average Bonchev–Trinajstić information content (AvgIpc) is 2.74. The second kappa shape index (κ2) is 8.05. The van der Waals surface area contributed by atoms with Crippen LogP contribution in [0.15, 0.2) is 24.5 Å². The van der Waals surface area contributed by atoms with Gasteiger partial charge in [0.05, 0.1) is 25.0 Å². The first-order valence-corrected chi connectivity index (χ1v) is 9.44. The monoisotopic (exact) mass is 386 g/mol. The summed E-state index contributed by atoms with van der Waals surface area (Å²) in [4.78, 5) is 31.4. The standard InChI is InChI=1S/C19H23FN6O2/c1-14-22-17(12-18(23-14)25-8-10-28-11-9-25)24-4-6-26(7-5-24)19(27)15-2-3-21-13-16(15)20/h2-3,12-13H,4-11H2,1H3. The smallest absolute Gasteiger partial charge is 0.257 e. The number of amides is 1. The molecule has 9 heteroatoms. The molecule has 0 spiro atoms. The molecule has 0 bridgehead atoms. The van der Waals surface area contributed by atoms with Gasteiger partial charge in [0.2, 0.25) is 0 Å². The Morgan fingerprint density at radius 2 is 1.68 bits per heavy atom. The Balaban J connectivity index is 1.44. The first-order chi connectivity index (χ1) is 13.6. The summed E-state index contributed by atoms with van der Waals surface area (Å²) >= 11 is 0. The quantitative estimate of drug-likeness (QED) is 0.782. The van der Waals surface area contributed by atoms with Crippen LogP contribution in [0.2, 0.25) is 0 Å². The summed E-state index contributed by atoms with van der Waals surface area (Å²) in [5, 5.41) is 0. The Kier molecular flexibility index (Phi) is 5.34. The fourth-order valence-corrected chi connectivity index (χ4v) is 3.51. The van der Waals surface area contributed by atoms with Crippen LogP contribution >= 0.6 is 0 Å². The maximum Gasteiger partial charge on any atom is 0.257 e. The third-order valence-corrected chi connectivity index (χ3v) is 5.04. The second-order valence-electron chi connectivity index (χ2n) is 6.87. The second-order valence-corrected chi connectivity index (χ2v) is 6.87. The minimum Gasteiger partial charge on any atom is -0.378 e. The number of carbonyl (C=O) groups is 1. The number of nitrogens with zero attached hydrogens (tertiary/aromatic N) is 6. The Morgan fingerprint density at radius 1 is 1.04 bits per heavy atom. The maximum absolute atomic E-state index is 13.9. The summed E-state index contributed by atoms with van der Waals surface area (Å²) in [6.45, 7) is 7.21. The number of anilines is 2. The molecule has 2 aliphatic heterocycles. The molecular formula is C19H23FN6O2. The Bertz CT molecular complexity index is 850. The van der Waals surface area contributed by atoms with Crippen LogP contribution in [-0.2, 0) is 4.74 Å². The van der Waals surface area contributed by atoms with E-state index in [0.29, 0.717) is 39.4 Å². The highest BCUT2D eigenvalue weighted by Gasteiger charge is 2.25. The molecule has 2 aliphatic rings. The van der Waals surface area contributed by atoms with Crippen LogP contribution < -0.4 is 9.80 Å². The molecular weight excluding hydrogens is 363 g/mol. The van der Waals surface area contributed by atoms with E-state index in [4.69, 9.17) is 4.74 Å². The van der Waals surface area contributed by atoms with Gasteiger partial charge < -0.3 is 19.4 Å². The normalized spacial score (nSPS) is 17.7. The highest BCUT2D eigenvalue weighted by atomic mass is 19.1. The fourth-order valence-electron chi connectivity index (χ4n) is 3.51. The lowest BCUT2D eigenvalue weighted by Crippen LogP contribution is -2.49. The summed E-state index contributed by atoms with van der Waals surface area (Å²) in [5.74, 6) is 1.60. The van der Waals surface area contributed by atoms with Crippen molar-refractivity contribution in [2.75, 3.05) is 62.3 Å². The molecule has 1 amide bonds. The van der Waals surface area contributed by atoms with Gasteiger partial charge in [-0.05, 0) is 13.0 Å². The number of halogens is 1. The van der Waals surface area contributed by atoms with E-state index in [0.717, 1.165) is 36.7 Å². The topological polar surface area (TPSA) is 74.7 Å². The number of pyridine rings is 1. The van der Waals surface area contributed by atoms with E-state index >= 15 is 0 Å². The molecule has 28 heavy (non-hydrogen) atoms. The summed E-state index contributed by atoms with van der Waals surface area (Å²) in [6.07, 6.45) is 2.50. The predicted octanol–water partition coefficient (Wildman–Crippen LogP) is 1.12. The van der Waals surface area contributed by atoms with Crippen LogP contribution in [-0.4, -0.2) is 78.2 Å². The first-order valence-electron chi connectivity index (χ1n) is 9.44. The average molecular weight is 386 g/mol. The lowest BCUT2D eigenvalue weighted by atomic mass is 10.2. The molecule has 0 aliphatic carbocycles. The van der Waals surface area contributed by atoms with E-state index in [2.05, 4.69) is 24.8 Å². The highest BCUT2D eigenvalue weighted by molar-refractivity contribution is 5.94. The van der Waals surface area contributed by atoms with Crippen LogP contribution in [0, 0.1) is 12.7 Å². The summed E-state index contributed by atoms with van der Waals surface area (Å²) in [7, 11) is 0. The van der Waals surface area contributed by atoms with Crippen molar-refractivity contribution >= 4 is 17.5 Å². The van der Waals surface area contributed by atoms with Gasteiger partial charge in [-0.2, -0.15) is 0 Å². The number of morpholine rings is 1. The number of hydrogen-bond donors (Lipinski definition) is 0. The lowest BCUT2D eigenvalue weighted by molar-refractivity contribution is 0.0741. The molecule has 0 aromatic carbocycles. The van der Waals surface area contributed by atoms with Gasteiger partial charge in [-0.3, -0.25) is 9.78 Å². The van der Waals surface area contributed by atoms with Gasteiger partial charge in [0.15, 0.2) is 5.82 Å². The molecule has 2 aromatic heterocycles. The van der Waals surface area contributed by atoms with E-state index < -0.39 is 5.82 Å². The number of hydrogen-bond acceptors (Lipinski definition) is 7. The summed E-state index contributed by atoms with van der Waals surface area (Å²) in [5.41, 5.74) is 0.0657. The largest absolute Gasteiger partial charge is 0.378 e. The van der Waals surface area contributed by atoms with Crippen molar-refractivity contribution in [2.24, 2.45) is 0 Å². The number of ether oxygens (including phenoxy) is 1. The number of carbonyl (C=O) groups excluding carboxylic acids is 1. The van der Waals surface area contributed by atoms with Gasteiger partial charge in [0.1, 0.15) is 17.5 Å². The Labute approximate surface area is 163 Å². The van der Waals surface area contributed by atoms with Gasteiger partial charge in [0.25, 0.3) is 5.91 Å². The molecule has 148 valence electrons. The van der Waals surface area contributed by atoms with Gasteiger partial charge in [-0.25, -0.2) is 14.4 Å². The van der Waals surface area contributed by atoms with Crippen LogP contribution in [0.5, 0.6) is 0 Å². The SMILES string of the molecule is Cc1nc(N2CCOCC2)cc(N2CCN(C(=O)c3ccncc3F)CC2)n1. The Hall–Kier alpha value is -2.81. The summed E-state index contributed by atoms with van der Waals surface area (Å²) in [6, 6.07) is 3.42. The van der Waals surface area contributed by atoms with Crippen molar-refractivity contribution in [2.45, 2.75) is 6.92 Å². The highest BCUT2D eigenvalue weighted by Crippen LogP contribution is 2.22. The fraction of sp³-hybridized carbons (Fsp3) is 0.474. The van der Waals surface area contributed by atoms with Crippen molar-refractivity contribution in [3.05, 3.63) is 41.7 Å². The third-order valence-electron chi connectivity index (χ3n) is 5.04. The predicted molar refractivity (Wildman–Crippen MR) is 102 cm³/mol. The molecule has 0 atom stereocenters. The summed E-state index contributed by atoms with van der Waals surface area (Å²) < 4.78 is 19.3. The van der Waals surface area contributed by atoms with Gasteiger partial charge in [-0.15, -0.1) is 0 Å². The molecule has 2 fully saturated rings. The van der Waals surface area contributed by atoms with Crippen LogP contribution in [0.1, 0.15) is 16.2 Å². The van der Waals surface area contributed by atoms with Crippen LogP contribution in [0.3, 0.4) is 0 Å². The van der Waals surface area contributed by atoms with E-state index in [1.807, 2.05) is 13.0 Å². The molecule has 8 nitrogen and oxygen atoms in total. The minimum atomic E-state index is -0.587. The maximum atomic E-state index is 13.9. The molecule has 2 aromatic rings.